The SMILES string of the molecule is Cc1cc(C)c(Nc2ncc(C(=O)Nc3ccc(F)c(F)c3)cn2)c(Cl)c1. The largest absolute Gasteiger partial charge is 0.323 e. The zero-order valence-corrected chi connectivity index (χ0v) is 15.2. The quantitative estimate of drug-likeness (QED) is 0.658. The molecular weight excluding hydrogens is 374 g/mol. The van der Waals surface area contributed by atoms with Gasteiger partial charge in [-0.3, -0.25) is 4.79 Å². The van der Waals surface area contributed by atoms with Gasteiger partial charge in [0.05, 0.1) is 16.3 Å². The molecule has 2 aromatic carbocycles. The Morgan fingerprint density at radius 3 is 2.37 bits per heavy atom. The van der Waals surface area contributed by atoms with Crippen molar-refractivity contribution in [2.45, 2.75) is 13.8 Å². The summed E-state index contributed by atoms with van der Waals surface area (Å²) >= 11 is 6.24. The fourth-order valence-corrected chi connectivity index (χ4v) is 2.84. The Bertz CT molecular complexity index is 986. The van der Waals surface area contributed by atoms with Crippen LogP contribution in [-0.4, -0.2) is 15.9 Å². The number of amides is 1. The molecule has 3 aromatic rings. The van der Waals surface area contributed by atoms with E-state index in [0.717, 1.165) is 23.3 Å². The van der Waals surface area contributed by atoms with Gasteiger partial charge in [-0.1, -0.05) is 17.7 Å². The minimum atomic E-state index is -1.05. The van der Waals surface area contributed by atoms with E-state index >= 15 is 0 Å². The van der Waals surface area contributed by atoms with Crippen molar-refractivity contribution < 1.29 is 13.6 Å². The lowest BCUT2D eigenvalue weighted by Gasteiger charge is -2.11. The molecule has 1 aromatic heterocycles. The molecule has 5 nitrogen and oxygen atoms in total. The number of nitrogens with one attached hydrogen (secondary N) is 2. The van der Waals surface area contributed by atoms with E-state index in [1.807, 2.05) is 26.0 Å². The fraction of sp³-hybridized carbons (Fsp3) is 0.105. The average Bonchev–Trinajstić information content (AvgIpc) is 2.61. The minimum absolute atomic E-state index is 0.128. The number of anilines is 3. The van der Waals surface area contributed by atoms with E-state index in [1.54, 1.807) is 0 Å². The zero-order chi connectivity index (χ0) is 19.6. The van der Waals surface area contributed by atoms with Gasteiger partial charge in [0.15, 0.2) is 11.6 Å². The van der Waals surface area contributed by atoms with Crippen molar-refractivity contribution in [2.75, 3.05) is 10.6 Å². The summed E-state index contributed by atoms with van der Waals surface area (Å²) in [6, 6.07) is 6.88. The van der Waals surface area contributed by atoms with Gasteiger partial charge in [-0.15, -0.1) is 0 Å². The molecule has 0 radical (unpaired) electrons. The molecule has 0 aliphatic heterocycles. The topological polar surface area (TPSA) is 66.9 Å². The van der Waals surface area contributed by atoms with Gasteiger partial charge in [0.2, 0.25) is 5.95 Å². The third kappa shape index (κ3) is 4.38. The normalized spacial score (nSPS) is 10.6. The highest BCUT2D eigenvalue weighted by atomic mass is 35.5. The first-order chi connectivity index (χ1) is 12.8. The van der Waals surface area contributed by atoms with Crippen LogP contribution >= 0.6 is 11.6 Å². The number of aryl methyl sites for hydroxylation is 2. The van der Waals surface area contributed by atoms with Crippen LogP contribution in [0.25, 0.3) is 0 Å². The van der Waals surface area contributed by atoms with Crippen LogP contribution in [-0.2, 0) is 0 Å². The maximum Gasteiger partial charge on any atom is 0.258 e. The summed E-state index contributed by atoms with van der Waals surface area (Å²) < 4.78 is 26.1. The van der Waals surface area contributed by atoms with Crippen LogP contribution in [0, 0.1) is 25.5 Å². The predicted molar refractivity (Wildman–Crippen MR) is 101 cm³/mol. The molecule has 0 saturated heterocycles. The molecule has 8 heteroatoms. The van der Waals surface area contributed by atoms with Gasteiger partial charge in [0.25, 0.3) is 5.91 Å². The first kappa shape index (κ1) is 18.7. The fourth-order valence-electron chi connectivity index (χ4n) is 2.47. The molecule has 138 valence electrons. The second kappa shape index (κ2) is 7.67. The lowest BCUT2D eigenvalue weighted by Crippen LogP contribution is -2.13. The number of aromatic nitrogens is 2. The third-order valence-corrected chi connectivity index (χ3v) is 4.06. The highest BCUT2D eigenvalue weighted by Crippen LogP contribution is 2.29. The van der Waals surface area contributed by atoms with Gasteiger partial charge >= 0.3 is 0 Å². The average molecular weight is 389 g/mol. The molecule has 0 unspecified atom stereocenters. The van der Waals surface area contributed by atoms with Crippen molar-refractivity contribution in [3.05, 3.63) is 76.1 Å². The molecular formula is C19H15ClF2N4O. The third-order valence-electron chi connectivity index (χ3n) is 3.76. The number of hydrogen-bond donors (Lipinski definition) is 2. The van der Waals surface area contributed by atoms with Crippen molar-refractivity contribution in [2.24, 2.45) is 0 Å². The summed E-state index contributed by atoms with van der Waals surface area (Å²) in [5, 5.41) is 6.01. The van der Waals surface area contributed by atoms with Crippen molar-refractivity contribution in [3.8, 4) is 0 Å². The molecule has 0 aliphatic rings. The summed E-state index contributed by atoms with van der Waals surface area (Å²) in [5.74, 6) is -2.31. The molecule has 1 heterocycles. The Kier molecular flexibility index (Phi) is 5.32. The number of rotatable bonds is 4. The Morgan fingerprint density at radius 2 is 1.74 bits per heavy atom. The van der Waals surface area contributed by atoms with Gasteiger partial charge in [-0.25, -0.2) is 18.7 Å². The summed E-state index contributed by atoms with van der Waals surface area (Å²) in [6.07, 6.45) is 2.64. The number of carbonyl (C=O) groups is 1. The van der Waals surface area contributed by atoms with Crippen molar-refractivity contribution in [1.29, 1.82) is 0 Å². The number of benzene rings is 2. The highest BCUT2D eigenvalue weighted by Gasteiger charge is 2.11. The zero-order valence-electron chi connectivity index (χ0n) is 14.5. The summed E-state index contributed by atoms with van der Waals surface area (Å²) in [6.45, 7) is 3.85. The maximum absolute atomic E-state index is 13.2. The van der Waals surface area contributed by atoms with E-state index in [2.05, 4.69) is 20.6 Å². The number of halogens is 3. The van der Waals surface area contributed by atoms with Gasteiger partial charge in [0, 0.05) is 24.1 Å². The van der Waals surface area contributed by atoms with E-state index in [4.69, 9.17) is 11.6 Å². The Balaban J connectivity index is 1.73. The first-order valence-corrected chi connectivity index (χ1v) is 8.33. The van der Waals surface area contributed by atoms with Crippen molar-refractivity contribution in [1.82, 2.24) is 9.97 Å². The number of carbonyl (C=O) groups excluding carboxylic acids is 1. The molecule has 0 aliphatic carbocycles. The molecule has 0 atom stereocenters. The molecule has 2 N–H and O–H groups in total. The smallest absolute Gasteiger partial charge is 0.258 e. The van der Waals surface area contributed by atoms with E-state index in [1.165, 1.54) is 18.5 Å². The monoisotopic (exact) mass is 388 g/mol. The molecule has 1 amide bonds. The van der Waals surface area contributed by atoms with E-state index in [9.17, 15) is 13.6 Å². The molecule has 0 fully saturated rings. The number of hydrogen-bond acceptors (Lipinski definition) is 4. The standard InChI is InChI=1S/C19H15ClF2N4O/c1-10-5-11(2)17(14(20)6-10)26-19-23-8-12(9-24-19)18(27)25-13-3-4-15(21)16(22)7-13/h3-9H,1-2H3,(H,25,27)(H,23,24,26). The summed E-state index contributed by atoms with van der Waals surface area (Å²) in [4.78, 5) is 20.4. The summed E-state index contributed by atoms with van der Waals surface area (Å²) in [7, 11) is 0. The predicted octanol–water partition coefficient (Wildman–Crippen LogP) is 5.02. The Labute approximate surface area is 159 Å². The molecule has 3 rings (SSSR count). The van der Waals surface area contributed by atoms with Crippen LogP contribution < -0.4 is 10.6 Å². The van der Waals surface area contributed by atoms with Crippen LogP contribution in [0.5, 0.6) is 0 Å². The van der Waals surface area contributed by atoms with Gasteiger partial charge in [-0.2, -0.15) is 0 Å². The van der Waals surface area contributed by atoms with Crippen LogP contribution in [0.1, 0.15) is 21.5 Å². The second-order valence-corrected chi connectivity index (χ2v) is 6.35. The van der Waals surface area contributed by atoms with Crippen LogP contribution in [0.3, 0.4) is 0 Å². The van der Waals surface area contributed by atoms with Crippen LogP contribution in [0.4, 0.5) is 26.1 Å². The van der Waals surface area contributed by atoms with E-state index < -0.39 is 17.5 Å². The maximum atomic E-state index is 13.2. The van der Waals surface area contributed by atoms with Gasteiger partial charge < -0.3 is 10.6 Å². The molecule has 0 bridgehead atoms. The molecule has 27 heavy (non-hydrogen) atoms. The van der Waals surface area contributed by atoms with Crippen LogP contribution in [0.15, 0.2) is 42.7 Å². The van der Waals surface area contributed by atoms with Crippen LogP contribution in [0.2, 0.25) is 5.02 Å². The number of nitrogens with zero attached hydrogens (tertiary/aromatic N) is 2. The van der Waals surface area contributed by atoms with Gasteiger partial charge in [0.1, 0.15) is 0 Å². The van der Waals surface area contributed by atoms with E-state index in [0.29, 0.717) is 10.7 Å². The van der Waals surface area contributed by atoms with Crippen molar-refractivity contribution in [3.63, 3.8) is 0 Å². The first-order valence-electron chi connectivity index (χ1n) is 7.95. The lowest BCUT2D eigenvalue weighted by molar-refractivity contribution is 0.102. The minimum Gasteiger partial charge on any atom is -0.323 e. The summed E-state index contributed by atoms with van der Waals surface area (Å²) in [5.41, 5.74) is 2.94. The van der Waals surface area contributed by atoms with Gasteiger partial charge in [-0.05, 0) is 43.2 Å². The highest BCUT2D eigenvalue weighted by molar-refractivity contribution is 6.33. The van der Waals surface area contributed by atoms with Crippen molar-refractivity contribution >= 4 is 34.8 Å². The van der Waals surface area contributed by atoms with E-state index in [-0.39, 0.29) is 17.2 Å². The second-order valence-electron chi connectivity index (χ2n) is 5.94. The lowest BCUT2D eigenvalue weighted by atomic mass is 10.1. The molecule has 0 saturated carbocycles. The Hall–Kier alpha value is -3.06. The molecule has 0 spiro atoms. The Morgan fingerprint density at radius 1 is 1.04 bits per heavy atom.